The van der Waals surface area contributed by atoms with Crippen molar-refractivity contribution in [1.29, 1.82) is 0 Å². The number of nitrogens with one attached hydrogen (secondary N) is 2. The van der Waals surface area contributed by atoms with Crippen LogP contribution in [0.5, 0.6) is 0 Å². The molecule has 21 heavy (non-hydrogen) atoms. The Morgan fingerprint density at radius 1 is 1.48 bits per heavy atom. The van der Waals surface area contributed by atoms with Gasteiger partial charge >= 0.3 is 0 Å². The lowest BCUT2D eigenvalue weighted by Crippen LogP contribution is -2.37. The number of rotatable bonds is 4. The van der Waals surface area contributed by atoms with E-state index in [1.807, 2.05) is 6.08 Å². The first-order chi connectivity index (χ1) is 10.2. The molecule has 0 aliphatic heterocycles. The molecule has 110 valence electrons. The Balaban J connectivity index is 1.83. The molecule has 1 aliphatic carbocycles. The predicted molar refractivity (Wildman–Crippen MR) is 70.9 cm³/mol. The van der Waals surface area contributed by atoms with E-state index in [0.717, 1.165) is 25.0 Å². The van der Waals surface area contributed by atoms with Gasteiger partial charge in [0.25, 0.3) is 5.91 Å². The Morgan fingerprint density at radius 2 is 2.33 bits per heavy atom. The van der Waals surface area contributed by atoms with Crippen LogP contribution < -0.4 is 16.6 Å². The Kier molecular flexibility index (Phi) is 3.26. The van der Waals surface area contributed by atoms with Crippen LogP contribution in [0.3, 0.4) is 0 Å². The molecule has 0 saturated carbocycles. The summed E-state index contributed by atoms with van der Waals surface area (Å²) in [5.74, 6) is -0.242. The molecule has 2 aromatic rings. The SMILES string of the molecule is Cc1nnn(-c2nonc2N)c1C(=O)NNC1=CCCC1. The molecule has 4 N–H and O–H groups in total. The third kappa shape index (κ3) is 2.42. The third-order valence-corrected chi connectivity index (χ3v) is 3.13. The summed E-state index contributed by atoms with van der Waals surface area (Å²) in [7, 11) is 0. The molecule has 0 fully saturated rings. The van der Waals surface area contributed by atoms with Gasteiger partial charge in [-0.1, -0.05) is 11.3 Å². The average Bonchev–Trinajstić information content (AvgIpc) is 3.17. The first-order valence-electron chi connectivity index (χ1n) is 6.43. The van der Waals surface area contributed by atoms with Crippen LogP contribution in [0.2, 0.25) is 0 Å². The summed E-state index contributed by atoms with van der Waals surface area (Å²) in [6.45, 7) is 1.66. The summed E-state index contributed by atoms with van der Waals surface area (Å²) in [6, 6.07) is 0. The highest BCUT2D eigenvalue weighted by atomic mass is 16.6. The van der Waals surface area contributed by atoms with Crippen molar-refractivity contribution in [2.75, 3.05) is 5.73 Å². The third-order valence-electron chi connectivity index (χ3n) is 3.13. The lowest BCUT2D eigenvalue weighted by Gasteiger charge is -2.09. The maximum Gasteiger partial charge on any atom is 0.290 e. The Labute approximate surface area is 119 Å². The Bertz CT molecular complexity index is 701. The monoisotopic (exact) mass is 290 g/mol. The van der Waals surface area contributed by atoms with Crippen molar-refractivity contribution in [1.82, 2.24) is 36.2 Å². The summed E-state index contributed by atoms with van der Waals surface area (Å²) >= 11 is 0. The highest BCUT2D eigenvalue weighted by Crippen LogP contribution is 2.16. The van der Waals surface area contributed by atoms with E-state index in [1.54, 1.807) is 6.92 Å². The molecule has 0 aromatic carbocycles. The van der Waals surface area contributed by atoms with Crippen molar-refractivity contribution in [3.63, 3.8) is 0 Å². The summed E-state index contributed by atoms with van der Waals surface area (Å²) < 4.78 is 5.71. The molecule has 2 heterocycles. The van der Waals surface area contributed by atoms with Gasteiger partial charge in [0, 0.05) is 5.70 Å². The fourth-order valence-electron chi connectivity index (χ4n) is 2.08. The second kappa shape index (κ2) is 5.23. The van der Waals surface area contributed by atoms with Crippen LogP contribution in [0.15, 0.2) is 16.4 Å². The highest BCUT2D eigenvalue weighted by molar-refractivity contribution is 5.93. The number of hydrazine groups is 1. The highest BCUT2D eigenvalue weighted by Gasteiger charge is 2.23. The second-order valence-corrected chi connectivity index (χ2v) is 4.61. The fourth-order valence-corrected chi connectivity index (χ4v) is 2.08. The van der Waals surface area contributed by atoms with E-state index < -0.39 is 5.91 Å². The number of hydrogen-bond acceptors (Lipinski definition) is 8. The maximum absolute atomic E-state index is 12.3. The zero-order chi connectivity index (χ0) is 14.8. The summed E-state index contributed by atoms with van der Waals surface area (Å²) in [4.78, 5) is 12.3. The number of carbonyl (C=O) groups is 1. The van der Waals surface area contributed by atoms with Crippen LogP contribution in [0.4, 0.5) is 5.82 Å². The van der Waals surface area contributed by atoms with Crippen molar-refractivity contribution >= 4 is 11.7 Å². The molecule has 0 saturated heterocycles. The smallest absolute Gasteiger partial charge is 0.290 e. The second-order valence-electron chi connectivity index (χ2n) is 4.61. The lowest BCUT2D eigenvalue weighted by atomic mass is 10.3. The van der Waals surface area contributed by atoms with E-state index in [0.29, 0.717) is 5.69 Å². The first-order valence-corrected chi connectivity index (χ1v) is 6.43. The molecule has 0 atom stereocenters. The van der Waals surface area contributed by atoms with Crippen molar-refractivity contribution < 1.29 is 9.42 Å². The molecular formula is C11H14N8O2. The molecule has 1 aliphatic rings. The van der Waals surface area contributed by atoms with Crippen molar-refractivity contribution in [2.24, 2.45) is 0 Å². The number of nitrogens with zero attached hydrogens (tertiary/aromatic N) is 5. The fraction of sp³-hybridized carbons (Fsp3) is 0.364. The topological polar surface area (TPSA) is 137 Å². The van der Waals surface area contributed by atoms with Crippen LogP contribution >= 0.6 is 0 Å². The van der Waals surface area contributed by atoms with Crippen LogP contribution in [-0.2, 0) is 0 Å². The van der Waals surface area contributed by atoms with Crippen molar-refractivity contribution in [3.05, 3.63) is 23.2 Å². The molecule has 1 amide bonds. The lowest BCUT2D eigenvalue weighted by molar-refractivity contribution is 0.0929. The molecule has 0 spiro atoms. The molecule has 2 aromatic heterocycles. The van der Waals surface area contributed by atoms with Gasteiger partial charge in [-0.15, -0.1) is 5.10 Å². The Hall–Kier alpha value is -2.91. The van der Waals surface area contributed by atoms with Gasteiger partial charge in [0.2, 0.25) is 11.6 Å². The summed E-state index contributed by atoms with van der Waals surface area (Å²) in [6.07, 6.45) is 5.05. The largest absolute Gasteiger partial charge is 0.378 e. The number of carbonyl (C=O) groups excluding carboxylic acids is 1. The van der Waals surface area contributed by atoms with E-state index in [4.69, 9.17) is 5.73 Å². The summed E-state index contributed by atoms with van der Waals surface area (Å²) in [5.41, 5.74) is 12.8. The number of nitrogen functional groups attached to an aromatic ring is 1. The van der Waals surface area contributed by atoms with Crippen LogP contribution in [0, 0.1) is 6.92 Å². The van der Waals surface area contributed by atoms with Crippen molar-refractivity contribution in [2.45, 2.75) is 26.2 Å². The number of amides is 1. The van der Waals surface area contributed by atoms with Gasteiger partial charge in [0.1, 0.15) is 0 Å². The zero-order valence-corrected chi connectivity index (χ0v) is 11.3. The first kappa shape index (κ1) is 13.1. The predicted octanol–water partition coefficient (Wildman–Crippen LogP) is -0.157. The standard InChI is InChI=1S/C11H14N8O2/c1-6-8(11(20)15-14-7-4-2-3-5-7)19(18-13-6)10-9(12)16-21-17-10/h4,14H,2-3,5H2,1H3,(H2,12,16)(H,15,20). The van der Waals surface area contributed by atoms with E-state index in [2.05, 4.69) is 36.1 Å². The van der Waals surface area contributed by atoms with Gasteiger partial charge in [-0.3, -0.25) is 10.2 Å². The number of aryl methyl sites for hydroxylation is 1. The van der Waals surface area contributed by atoms with Gasteiger partial charge in [-0.2, -0.15) is 4.68 Å². The van der Waals surface area contributed by atoms with Gasteiger partial charge in [0.05, 0.1) is 5.69 Å². The number of hydrogen-bond donors (Lipinski definition) is 3. The normalized spacial score (nSPS) is 14.0. The Morgan fingerprint density at radius 3 is 3.00 bits per heavy atom. The van der Waals surface area contributed by atoms with Crippen LogP contribution in [0.25, 0.3) is 5.82 Å². The van der Waals surface area contributed by atoms with Crippen LogP contribution in [-0.4, -0.2) is 31.2 Å². The average molecular weight is 290 g/mol. The van der Waals surface area contributed by atoms with Gasteiger partial charge in [-0.25, -0.2) is 4.63 Å². The molecule has 10 nitrogen and oxygen atoms in total. The number of anilines is 1. The summed E-state index contributed by atoms with van der Waals surface area (Å²) in [5, 5.41) is 14.8. The molecule has 0 bridgehead atoms. The number of nitrogens with two attached hydrogens (primary N) is 1. The molecule has 10 heteroatoms. The van der Waals surface area contributed by atoms with E-state index in [9.17, 15) is 4.79 Å². The minimum Gasteiger partial charge on any atom is -0.378 e. The van der Waals surface area contributed by atoms with Gasteiger partial charge in [0.15, 0.2) is 5.69 Å². The van der Waals surface area contributed by atoms with E-state index >= 15 is 0 Å². The van der Waals surface area contributed by atoms with E-state index in [1.165, 1.54) is 4.68 Å². The maximum atomic E-state index is 12.3. The minimum absolute atomic E-state index is 0.0282. The molecule has 0 unspecified atom stereocenters. The van der Waals surface area contributed by atoms with Gasteiger partial charge in [-0.05, 0) is 36.5 Å². The van der Waals surface area contributed by atoms with Crippen LogP contribution in [0.1, 0.15) is 35.4 Å². The molecule has 0 radical (unpaired) electrons. The molecule has 3 rings (SSSR count). The quantitative estimate of drug-likeness (QED) is 0.661. The van der Waals surface area contributed by atoms with Crippen molar-refractivity contribution in [3.8, 4) is 5.82 Å². The molecular weight excluding hydrogens is 276 g/mol. The minimum atomic E-state index is -0.396. The zero-order valence-electron chi connectivity index (χ0n) is 11.3. The van der Waals surface area contributed by atoms with E-state index in [-0.39, 0.29) is 17.3 Å². The number of allylic oxidation sites excluding steroid dienone is 2. The van der Waals surface area contributed by atoms with Gasteiger partial charge < -0.3 is 11.2 Å². The number of aromatic nitrogens is 5.